The molecule has 0 amide bonds. The molecule has 2 aliphatic carbocycles. The number of fused-ring (bicyclic) bond motifs is 4. The van der Waals surface area contributed by atoms with Gasteiger partial charge in [0.1, 0.15) is 0 Å². The molecule has 3 unspecified atom stereocenters. The maximum absolute atomic E-state index is 2.51. The molecule has 5 aromatic rings. The number of aromatic nitrogens is 1. The topological polar surface area (TPSA) is 8.17 Å². The second-order valence-corrected chi connectivity index (χ2v) is 11.3. The first-order chi connectivity index (χ1) is 17.5. The highest BCUT2D eigenvalue weighted by Crippen LogP contribution is 2.77. The van der Waals surface area contributed by atoms with Crippen LogP contribution in [-0.2, 0) is 5.41 Å². The van der Waals surface area contributed by atoms with Crippen LogP contribution in [0.4, 0.5) is 11.4 Å². The Bertz CT molecular complexity index is 1580. The van der Waals surface area contributed by atoms with Crippen LogP contribution in [-0.4, -0.2) is 11.6 Å². The quantitative estimate of drug-likeness (QED) is 0.240. The highest BCUT2D eigenvalue weighted by Gasteiger charge is 2.73. The van der Waals surface area contributed by atoms with Gasteiger partial charge >= 0.3 is 0 Å². The third-order valence-electron chi connectivity index (χ3n) is 9.45. The summed E-state index contributed by atoms with van der Waals surface area (Å²) in [4.78, 5) is 2.24. The average Bonchev–Trinajstić information content (AvgIpc) is 3.83. The van der Waals surface area contributed by atoms with Crippen LogP contribution in [0.1, 0.15) is 50.7 Å². The van der Waals surface area contributed by atoms with Gasteiger partial charge in [0.15, 0.2) is 0 Å². The van der Waals surface area contributed by atoms with Crippen LogP contribution in [0, 0.1) is 11.8 Å². The zero-order valence-corrected chi connectivity index (χ0v) is 21.7. The summed E-state index contributed by atoms with van der Waals surface area (Å²) in [7, 11) is 2.13. The smallest absolute Gasteiger partial charge is 0.0541 e. The van der Waals surface area contributed by atoms with E-state index in [2.05, 4.69) is 128 Å². The Labute approximate surface area is 214 Å². The third kappa shape index (κ3) is 3.10. The fraction of sp³-hybridized carbons (Fsp3) is 0.294. The number of hydrogen-bond acceptors (Lipinski definition) is 1. The Morgan fingerprint density at radius 3 is 2.11 bits per heavy atom. The van der Waals surface area contributed by atoms with Crippen LogP contribution in [0.25, 0.3) is 27.5 Å². The van der Waals surface area contributed by atoms with Crippen LogP contribution in [0.3, 0.4) is 0 Å². The van der Waals surface area contributed by atoms with E-state index in [1.54, 1.807) is 0 Å². The Morgan fingerprint density at radius 1 is 0.833 bits per heavy atom. The van der Waals surface area contributed by atoms with Crippen molar-refractivity contribution in [3.63, 3.8) is 0 Å². The number of para-hydroxylation sites is 1. The summed E-state index contributed by atoms with van der Waals surface area (Å²) in [6.07, 6.45) is 2.59. The van der Waals surface area contributed by atoms with Gasteiger partial charge in [-0.15, -0.1) is 0 Å². The van der Waals surface area contributed by atoms with Gasteiger partial charge in [0.05, 0.1) is 11.0 Å². The maximum atomic E-state index is 2.51. The summed E-state index contributed by atoms with van der Waals surface area (Å²) in [5.41, 5.74) is 9.58. The molecule has 0 aliphatic heterocycles. The van der Waals surface area contributed by atoms with Gasteiger partial charge in [0.2, 0.25) is 0 Å². The van der Waals surface area contributed by atoms with E-state index in [1.807, 2.05) is 0 Å². The van der Waals surface area contributed by atoms with Crippen LogP contribution in [0.2, 0.25) is 0 Å². The van der Waals surface area contributed by atoms with Crippen molar-refractivity contribution in [1.29, 1.82) is 0 Å². The summed E-state index contributed by atoms with van der Waals surface area (Å²) in [6, 6.07) is 34.0. The van der Waals surface area contributed by atoms with E-state index in [4.69, 9.17) is 0 Å². The van der Waals surface area contributed by atoms with Gasteiger partial charge in [0, 0.05) is 34.9 Å². The Morgan fingerprint density at radius 2 is 1.47 bits per heavy atom. The zero-order chi connectivity index (χ0) is 24.6. The number of hydrogen-bond donors (Lipinski definition) is 0. The van der Waals surface area contributed by atoms with Gasteiger partial charge in [-0.05, 0) is 108 Å². The first-order valence-electron chi connectivity index (χ1n) is 13.5. The van der Waals surface area contributed by atoms with Crippen molar-refractivity contribution in [2.24, 2.45) is 11.8 Å². The molecule has 2 heteroatoms. The summed E-state index contributed by atoms with van der Waals surface area (Å²) in [6.45, 7) is 7.09. The lowest BCUT2D eigenvalue weighted by atomic mass is 9.87. The predicted molar refractivity (Wildman–Crippen MR) is 153 cm³/mol. The molecule has 0 radical (unpaired) electrons. The fourth-order valence-electron chi connectivity index (χ4n) is 6.47. The molecule has 2 fully saturated rings. The van der Waals surface area contributed by atoms with Crippen molar-refractivity contribution in [1.82, 2.24) is 4.57 Å². The second kappa shape index (κ2) is 7.74. The molecule has 1 heterocycles. The first kappa shape index (κ1) is 21.7. The highest BCUT2D eigenvalue weighted by atomic mass is 15.1. The largest absolute Gasteiger partial charge is 0.345 e. The van der Waals surface area contributed by atoms with Crippen LogP contribution in [0.5, 0.6) is 0 Å². The van der Waals surface area contributed by atoms with Gasteiger partial charge < -0.3 is 9.47 Å². The van der Waals surface area contributed by atoms with Gasteiger partial charge in [-0.3, -0.25) is 0 Å². The molecule has 0 saturated heterocycles. The van der Waals surface area contributed by atoms with Gasteiger partial charge in [0.25, 0.3) is 0 Å². The lowest BCUT2D eigenvalue weighted by molar-refractivity contribution is 0.563. The summed E-state index contributed by atoms with van der Waals surface area (Å²) >= 11 is 0. The summed E-state index contributed by atoms with van der Waals surface area (Å²) in [5, 5.41) is 2.78. The van der Waals surface area contributed by atoms with Crippen molar-refractivity contribution in [3.05, 3.63) is 102 Å². The van der Waals surface area contributed by atoms with E-state index >= 15 is 0 Å². The Hall–Kier alpha value is -3.52. The van der Waals surface area contributed by atoms with Gasteiger partial charge in [-0.25, -0.2) is 0 Å². The second-order valence-electron chi connectivity index (χ2n) is 11.3. The molecule has 2 saturated carbocycles. The van der Waals surface area contributed by atoms with Crippen molar-refractivity contribution in [2.75, 3.05) is 11.9 Å². The van der Waals surface area contributed by atoms with Crippen LogP contribution in [0.15, 0.2) is 91.0 Å². The fourth-order valence-corrected chi connectivity index (χ4v) is 6.47. The van der Waals surface area contributed by atoms with Crippen molar-refractivity contribution in [3.8, 4) is 5.69 Å². The number of benzene rings is 4. The van der Waals surface area contributed by atoms with E-state index < -0.39 is 0 Å². The molecule has 4 aromatic carbocycles. The monoisotopic (exact) mass is 470 g/mol. The van der Waals surface area contributed by atoms with E-state index in [-0.39, 0.29) is 0 Å². The molecule has 0 N–H and O–H groups in total. The zero-order valence-electron chi connectivity index (χ0n) is 21.7. The lowest BCUT2D eigenvalue weighted by Crippen LogP contribution is -2.11. The molecule has 3 atom stereocenters. The van der Waals surface area contributed by atoms with E-state index in [1.165, 1.54) is 56.4 Å². The highest BCUT2D eigenvalue weighted by molar-refractivity contribution is 6.10. The van der Waals surface area contributed by atoms with Gasteiger partial charge in [-0.1, -0.05) is 51.1 Å². The minimum atomic E-state index is 0.417. The molecule has 0 spiro atoms. The molecular weight excluding hydrogens is 436 g/mol. The SMILES string of the molecule is CCC(C)c1ccc2c(c1)c1cc(C3(C)C4CC43)ccc1n2-c1ccc(N(C)c2ccccc2)cc1. The van der Waals surface area contributed by atoms with Crippen LogP contribution < -0.4 is 4.90 Å². The third-order valence-corrected chi connectivity index (χ3v) is 9.45. The normalized spacial score (nSPS) is 23.0. The Kier molecular flexibility index (Phi) is 4.67. The number of rotatable bonds is 6. The maximum Gasteiger partial charge on any atom is 0.0541 e. The summed E-state index contributed by atoms with van der Waals surface area (Å²) in [5.74, 6) is 2.42. The molecule has 180 valence electrons. The van der Waals surface area contributed by atoms with E-state index in [0.29, 0.717) is 11.3 Å². The average molecular weight is 471 g/mol. The molecule has 0 bridgehead atoms. The Balaban J connectivity index is 1.37. The molecule has 1 aromatic heterocycles. The molecule has 36 heavy (non-hydrogen) atoms. The minimum absolute atomic E-state index is 0.417. The van der Waals surface area contributed by atoms with Crippen molar-refractivity contribution >= 4 is 33.2 Å². The number of nitrogens with zero attached hydrogens (tertiary/aromatic N) is 2. The van der Waals surface area contributed by atoms with Crippen LogP contribution >= 0.6 is 0 Å². The lowest BCUT2D eigenvalue weighted by Gasteiger charge is -2.20. The van der Waals surface area contributed by atoms with Crippen molar-refractivity contribution in [2.45, 2.75) is 44.9 Å². The molecular formula is C34H34N2. The predicted octanol–water partition coefficient (Wildman–Crippen LogP) is 8.97. The van der Waals surface area contributed by atoms with Gasteiger partial charge in [-0.2, -0.15) is 0 Å². The minimum Gasteiger partial charge on any atom is -0.345 e. The number of anilines is 2. The van der Waals surface area contributed by atoms with E-state index in [9.17, 15) is 0 Å². The summed E-state index contributed by atoms with van der Waals surface area (Å²) < 4.78 is 2.46. The molecule has 2 aliphatic rings. The molecule has 7 rings (SSSR count). The standard InChI is InChI=1S/C34H34N2/c1-5-22(2)23-11-17-32-28(19-23)29-20-24(34(3)30-21-31(30)34)12-18-33(29)36(32)27-15-13-26(14-16-27)35(4)25-9-7-6-8-10-25/h6-20,22,30-31H,5,21H2,1-4H3. The first-order valence-corrected chi connectivity index (χ1v) is 13.5. The van der Waals surface area contributed by atoms with Crippen molar-refractivity contribution < 1.29 is 0 Å². The molecule has 2 nitrogen and oxygen atoms in total. The van der Waals surface area contributed by atoms with E-state index in [0.717, 1.165) is 18.3 Å².